The molecular formula is C17H18FN3O2S2. The summed E-state index contributed by atoms with van der Waals surface area (Å²) in [5.74, 6) is -0.572. The summed E-state index contributed by atoms with van der Waals surface area (Å²) in [5.41, 5.74) is 1.20. The van der Waals surface area contributed by atoms with Gasteiger partial charge in [0.15, 0.2) is 5.16 Å². The average molecular weight is 379 g/mol. The normalized spacial score (nSPS) is 15.9. The number of halogens is 1. The molecule has 8 heteroatoms. The van der Waals surface area contributed by atoms with E-state index in [2.05, 4.69) is 17.2 Å². The van der Waals surface area contributed by atoms with Gasteiger partial charge in [0.2, 0.25) is 5.91 Å². The Balaban J connectivity index is 1.73. The Labute approximate surface area is 153 Å². The minimum absolute atomic E-state index is 0.0325. The maximum Gasteiger partial charge on any atom is 0.268 e. The fraction of sp³-hybridized carbons (Fsp3) is 0.353. The van der Waals surface area contributed by atoms with Crippen LogP contribution in [-0.4, -0.2) is 26.5 Å². The summed E-state index contributed by atoms with van der Waals surface area (Å²) in [6.07, 6.45) is 0.767. The Hall–Kier alpha value is -1.80. The third-order valence-electron chi connectivity index (χ3n) is 3.72. The Morgan fingerprint density at radius 2 is 2.32 bits per heavy atom. The van der Waals surface area contributed by atoms with Crippen molar-refractivity contribution in [3.8, 4) is 0 Å². The van der Waals surface area contributed by atoms with Gasteiger partial charge in [-0.1, -0.05) is 24.8 Å². The van der Waals surface area contributed by atoms with Gasteiger partial charge in [0, 0.05) is 23.9 Å². The molecule has 1 amide bonds. The van der Waals surface area contributed by atoms with Gasteiger partial charge in [-0.3, -0.25) is 14.2 Å². The number of rotatable bonds is 5. The van der Waals surface area contributed by atoms with Crippen LogP contribution in [0.1, 0.15) is 19.5 Å². The molecule has 1 aromatic heterocycles. The zero-order valence-electron chi connectivity index (χ0n) is 13.9. The highest BCUT2D eigenvalue weighted by Gasteiger charge is 2.26. The minimum atomic E-state index is -0.405. The zero-order chi connectivity index (χ0) is 18.0. The molecule has 0 saturated carbocycles. The summed E-state index contributed by atoms with van der Waals surface area (Å²) in [4.78, 5) is 30.0. The molecule has 5 nitrogen and oxygen atoms in total. The molecule has 2 heterocycles. The fourth-order valence-electron chi connectivity index (χ4n) is 2.61. The van der Waals surface area contributed by atoms with Crippen LogP contribution in [0.15, 0.2) is 39.1 Å². The first-order chi connectivity index (χ1) is 12.0. The Kier molecular flexibility index (Phi) is 5.48. The highest BCUT2D eigenvalue weighted by atomic mass is 32.2. The van der Waals surface area contributed by atoms with Gasteiger partial charge in [0.05, 0.1) is 16.3 Å². The van der Waals surface area contributed by atoms with E-state index in [4.69, 9.17) is 0 Å². The lowest BCUT2D eigenvalue weighted by Crippen LogP contribution is -2.25. The molecule has 0 radical (unpaired) electrons. The van der Waals surface area contributed by atoms with Crippen molar-refractivity contribution < 1.29 is 9.18 Å². The highest BCUT2D eigenvalue weighted by Crippen LogP contribution is 2.34. The summed E-state index contributed by atoms with van der Waals surface area (Å²) >= 11 is 2.78. The summed E-state index contributed by atoms with van der Waals surface area (Å²) in [7, 11) is 0. The molecule has 0 spiro atoms. The minimum Gasteiger partial charge on any atom is -0.325 e. The van der Waals surface area contributed by atoms with Crippen molar-refractivity contribution in [2.75, 3.05) is 11.1 Å². The molecule has 25 heavy (non-hydrogen) atoms. The van der Waals surface area contributed by atoms with Crippen LogP contribution in [0.3, 0.4) is 0 Å². The van der Waals surface area contributed by atoms with Gasteiger partial charge in [-0.05, 0) is 25.1 Å². The SMILES string of the molecule is CCn1c(SCC(=O)Nc2cccc(F)c2)nc2c(c1=O)S[C@@H](C)C2. The molecule has 1 atom stereocenters. The molecule has 0 unspecified atom stereocenters. The number of hydrogen-bond donors (Lipinski definition) is 1. The van der Waals surface area contributed by atoms with Crippen LogP contribution in [0.5, 0.6) is 0 Å². The average Bonchev–Trinajstić information content (AvgIpc) is 2.94. The van der Waals surface area contributed by atoms with E-state index in [1.165, 1.54) is 30.0 Å². The lowest BCUT2D eigenvalue weighted by Gasteiger charge is -2.11. The molecule has 1 aliphatic heterocycles. The van der Waals surface area contributed by atoms with E-state index in [9.17, 15) is 14.0 Å². The van der Waals surface area contributed by atoms with Gasteiger partial charge in [0.25, 0.3) is 5.56 Å². The quantitative estimate of drug-likeness (QED) is 0.639. The first kappa shape index (κ1) is 18.0. The van der Waals surface area contributed by atoms with Gasteiger partial charge >= 0.3 is 0 Å². The number of amides is 1. The van der Waals surface area contributed by atoms with E-state index in [-0.39, 0.29) is 17.2 Å². The third-order valence-corrected chi connectivity index (χ3v) is 5.91. The number of anilines is 1. The lowest BCUT2D eigenvalue weighted by atomic mass is 10.2. The summed E-state index contributed by atoms with van der Waals surface area (Å²) in [6.45, 7) is 4.46. The molecule has 0 fully saturated rings. The third kappa shape index (κ3) is 4.07. The second-order valence-corrected chi connectivity index (χ2v) is 8.09. The van der Waals surface area contributed by atoms with E-state index >= 15 is 0 Å². The maximum absolute atomic E-state index is 13.2. The molecule has 1 N–H and O–H groups in total. The van der Waals surface area contributed by atoms with Gasteiger partial charge < -0.3 is 5.32 Å². The molecule has 0 bridgehead atoms. The Morgan fingerprint density at radius 1 is 1.52 bits per heavy atom. The van der Waals surface area contributed by atoms with Crippen LogP contribution in [0.25, 0.3) is 0 Å². The number of carbonyl (C=O) groups is 1. The molecular weight excluding hydrogens is 361 g/mol. The molecule has 1 aromatic carbocycles. The van der Waals surface area contributed by atoms with E-state index in [0.717, 1.165) is 17.0 Å². The molecule has 1 aliphatic rings. The van der Waals surface area contributed by atoms with Crippen molar-refractivity contribution in [2.24, 2.45) is 0 Å². The number of thioether (sulfide) groups is 2. The van der Waals surface area contributed by atoms with Crippen LogP contribution in [-0.2, 0) is 17.8 Å². The number of hydrogen-bond acceptors (Lipinski definition) is 5. The van der Waals surface area contributed by atoms with E-state index in [1.807, 2.05) is 6.92 Å². The fourth-order valence-corrected chi connectivity index (χ4v) is 4.61. The molecule has 0 aliphatic carbocycles. The summed E-state index contributed by atoms with van der Waals surface area (Å²) < 4.78 is 14.8. The lowest BCUT2D eigenvalue weighted by molar-refractivity contribution is -0.113. The van der Waals surface area contributed by atoms with E-state index in [1.54, 1.807) is 22.4 Å². The number of fused-ring (bicyclic) bond motifs is 1. The Morgan fingerprint density at radius 3 is 3.04 bits per heavy atom. The number of aromatic nitrogens is 2. The number of nitrogens with zero attached hydrogens (tertiary/aromatic N) is 2. The molecule has 2 aromatic rings. The van der Waals surface area contributed by atoms with Crippen LogP contribution >= 0.6 is 23.5 Å². The second kappa shape index (κ2) is 7.61. The topological polar surface area (TPSA) is 64.0 Å². The van der Waals surface area contributed by atoms with Crippen molar-refractivity contribution in [1.29, 1.82) is 0 Å². The number of benzene rings is 1. The van der Waals surface area contributed by atoms with Crippen LogP contribution in [0.4, 0.5) is 10.1 Å². The van der Waals surface area contributed by atoms with Crippen molar-refractivity contribution in [1.82, 2.24) is 9.55 Å². The van der Waals surface area contributed by atoms with Crippen LogP contribution < -0.4 is 10.9 Å². The monoisotopic (exact) mass is 379 g/mol. The largest absolute Gasteiger partial charge is 0.325 e. The van der Waals surface area contributed by atoms with E-state index in [0.29, 0.717) is 22.6 Å². The first-order valence-corrected chi connectivity index (χ1v) is 9.83. The van der Waals surface area contributed by atoms with Crippen molar-refractivity contribution in [3.63, 3.8) is 0 Å². The van der Waals surface area contributed by atoms with Crippen molar-refractivity contribution in [2.45, 2.75) is 42.1 Å². The number of nitrogens with one attached hydrogen (secondary N) is 1. The van der Waals surface area contributed by atoms with Crippen LogP contribution in [0, 0.1) is 5.82 Å². The summed E-state index contributed by atoms with van der Waals surface area (Å²) in [6, 6.07) is 5.74. The second-order valence-electron chi connectivity index (χ2n) is 5.70. The first-order valence-electron chi connectivity index (χ1n) is 7.96. The number of carbonyl (C=O) groups excluding carboxylic acids is 1. The van der Waals surface area contributed by atoms with Crippen molar-refractivity contribution in [3.05, 3.63) is 46.1 Å². The van der Waals surface area contributed by atoms with Gasteiger partial charge in [0.1, 0.15) is 5.82 Å². The standard InChI is InChI=1S/C17H18FN3O2S2/c1-3-21-16(23)15-13(7-10(2)25-15)20-17(21)24-9-14(22)19-12-6-4-5-11(18)8-12/h4-6,8,10H,3,7,9H2,1-2H3,(H,19,22)/t10-/m0/s1. The van der Waals surface area contributed by atoms with Gasteiger partial charge in [-0.25, -0.2) is 9.37 Å². The van der Waals surface area contributed by atoms with Gasteiger partial charge in [-0.15, -0.1) is 11.8 Å². The zero-order valence-corrected chi connectivity index (χ0v) is 15.5. The van der Waals surface area contributed by atoms with E-state index < -0.39 is 5.82 Å². The smallest absolute Gasteiger partial charge is 0.268 e. The summed E-state index contributed by atoms with van der Waals surface area (Å²) in [5, 5.41) is 3.54. The molecule has 132 valence electrons. The van der Waals surface area contributed by atoms with Crippen LogP contribution in [0.2, 0.25) is 0 Å². The predicted molar refractivity (Wildman–Crippen MR) is 98.9 cm³/mol. The van der Waals surface area contributed by atoms with Crippen molar-refractivity contribution >= 4 is 35.1 Å². The Bertz CT molecular complexity index is 869. The predicted octanol–water partition coefficient (Wildman–Crippen LogP) is 3.17. The molecule has 3 rings (SSSR count). The molecule has 0 saturated heterocycles. The maximum atomic E-state index is 13.2. The highest BCUT2D eigenvalue weighted by molar-refractivity contribution is 8.00. The van der Waals surface area contributed by atoms with Gasteiger partial charge in [-0.2, -0.15) is 0 Å².